The van der Waals surface area contributed by atoms with Crippen molar-refractivity contribution in [3.8, 4) is 0 Å². The molecule has 0 unspecified atom stereocenters. The van der Waals surface area contributed by atoms with Crippen LogP contribution in [-0.2, 0) is 9.47 Å². The highest BCUT2D eigenvalue weighted by atomic mass is 16.6. The van der Waals surface area contributed by atoms with E-state index in [0.717, 1.165) is 12.8 Å². The van der Waals surface area contributed by atoms with Crippen molar-refractivity contribution >= 4 is 0 Å². The van der Waals surface area contributed by atoms with E-state index in [9.17, 15) is 15.3 Å². The lowest BCUT2D eigenvalue weighted by Gasteiger charge is -2.37. The Morgan fingerprint density at radius 2 is 1.67 bits per heavy atom. The molecule has 1 aliphatic heterocycles. The molecule has 0 spiro atoms. The molecular weight excluding hydrogens is 308 g/mol. The van der Waals surface area contributed by atoms with Crippen molar-refractivity contribution in [1.82, 2.24) is 0 Å². The van der Waals surface area contributed by atoms with Gasteiger partial charge in [-0.1, -0.05) is 57.6 Å². The number of aliphatic hydroxyl groups is 3. The summed E-state index contributed by atoms with van der Waals surface area (Å²) < 4.78 is 10.9. The van der Waals surface area contributed by atoms with E-state index in [1.165, 1.54) is 44.9 Å². The lowest BCUT2D eigenvalue weighted by Crippen LogP contribution is -2.55. The van der Waals surface area contributed by atoms with Gasteiger partial charge in [0, 0.05) is 0 Å². The Labute approximate surface area is 146 Å². The zero-order chi connectivity index (χ0) is 17.6. The van der Waals surface area contributed by atoms with Gasteiger partial charge in [0.05, 0.1) is 19.8 Å². The van der Waals surface area contributed by atoms with E-state index >= 15 is 0 Å². The molecule has 1 rings (SSSR count). The minimum atomic E-state index is -1.01. The second kappa shape index (κ2) is 13.8. The molecule has 0 aromatic rings. The van der Waals surface area contributed by atoms with Crippen LogP contribution in [-0.4, -0.2) is 59.6 Å². The zero-order valence-corrected chi connectivity index (χ0v) is 15.1. The molecule has 0 amide bonds. The molecule has 0 radical (unpaired) electrons. The molecule has 0 aromatic heterocycles. The van der Waals surface area contributed by atoms with Crippen molar-refractivity contribution in [3.05, 3.63) is 12.2 Å². The molecule has 1 aliphatic rings. The van der Waals surface area contributed by atoms with Crippen molar-refractivity contribution in [2.75, 3.05) is 19.8 Å². The van der Waals surface area contributed by atoms with Gasteiger partial charge < -0.3 is 24.8 Å². The number of allylic oxidation sites excluding steroid dienone is 1. The number of ether oxygens (including phenoxy) is 2. The van der Waals surface area contributed by atoms with Crippen LogP contribution < -0.4 is 0 Å². The first-order valence-corrected chi connectivity index (χ1v) is 9.55. The highest BCUT2D eigenvalue weighted by molar-refractivity contribution is 4.88. The van der Waals surface area contributed by atoms with Crippen LogP contribution in [0, 0.1) is 0 Å². The third-order valence-electron chi connectivity index (χ3n) is 4.49. The molecular formula is C19H36O5. The lowest BCUT2D eigenvalue weighted by atomic mass is 10.0. The van der Waals surface area contributed by atoms with Crippen molar-refractivity contribution in [2.24, 2.45) is 0 Å². The van der Waals surface area contributed by atoms with Crippen LogP contribution in [0.5, 0.6) is 0 Å². The molecule has 1 saturated heterocycles. The molecule has 3 N–H and O–H groups in total. The third kappa shape index (κ3) is 8.58. The summed E-state index contributed by atoms with van der Waals surface area (Å²) in [6.45, 7) is 2.50. The van der Waals surface area contributed by atoms with Crippen molar-refractivity contribution in [3.63, 3.8) is 0 Å². The fourth-order valence-corrected chi connectivity index (χ4v) is 2.94. The first kappa shape index (κ1) is 21.6. The van der Waals surface area contributed by atoms with Crippen molar-refractivity contribution in [2.45, 2.75) is 89.1 Å². The van der Waals surface area contributed by atoms with Crippen LogP contribution in [0.25, 0.3) is 0 Å². The minimum Gasteiger partial charge on any atom is -0.394 e. The second-order valence-electron chi connectivity index (χ2n) is 6.62. The average Bonchev–Trinajstić information content (AvgIpc) is 2.59. The summed E-state index contributed by atoms with van der Waals surface area (Å²) >= 11 is 0. The fraction of sp³-hybridized carbons (Fsp3) is 0.895. The second-order valence-corrected chi connectivity index (χ2v) is 6.62. The summed E-state index contributed by atoms with van der Waals surface area (Å²) in [5.41, 5.74) is 0. The minimum absolute atomic E-state index is 0.0323. The molecule has 142 valence electrons. The van der Waals surface area contributed by atoms with Crippen LogP contribution in [0.1, 0.15) is 64.7 Å². The molecule has 24 heavy (non-hydrogen) atoms. The van der Waals surface area contributed by atoms with E-state index in [2.05, 4.69) is 19.1 Å². The molecule has 0 bridgehead atoms. The molecule has 4 atom stereocenters. The Kier molecular flexibility index (Phi) is 12.4. The van der Waals surface area contributed by atoms with Gasteiger partial charge in [0.15, 0.2) is 0 Å². The Morgan fingerprint density at radius 1 is 1.00 bits per heavy atom. The zero-order valence-electron chi connectivity index (χ0n) is 15.1. The van der Waals surface area contributed by atoms with E-state index < -0.39 is 24.4 Å². The topological polar surface area (TPSA) is 79.2 Å². The summed E-state index contributed by atoms with van der Waals surface area (Å²) in [7, 11) is 0. The van der Waals surface area contributed by atoms with Gasteiger partial charge in [-0.05, 0) is 19.3 Å². The van der Waals surface area contributed by atoms with E-state index in [-0.39, 0.29) is 13.2 Å². The summed E-state index contributed by atoms with van der Waals surface area (Å²) in [5, 5.41) is 28.8. The van der Waals surface area contributed by atoms with Crippen LogP contribution >= 0.6 is 0 Å². The fourth-order valence-electron chi connectivity index (χ4n) is 2.94. The Morgan fingerprint density at radius 3 is 2.38 bits per heavy atom. The van der Waals surface area contributed by atoms with E-state index in [0.29, 0.717) is 6.61 Å². The summed E-state index contributed by atoms with van der Waals surface area (Å²) in [6, 6.07) is 0. The first-order chi connectivity index (χ1) is 11.7. The average molecular weight is 344 g/mol. The van der Waals surface area contributed by atoms with Crippen molar-refractivity contribution < 1.29 is 24.8 Å². The number of aliphatic hydroxyl groups excluding tert-OH is 3. The summed E-state index contributed by atoms with van der Waals surface area (Å²) in [6.07, 6.45) is 12.2. The van der Waals surface area contributed by atoms with Gasteiger partial charge in [-0.2, -0.15) is 0 Å². The standard InChI is InChI=1S/C19H36O5/c1-2-3-4-5-6-7-8-9-10-11-12-13-23-19-17(14-20)24-15-16(21)18(19)22/h10-11,16-22H,2-9,12-15H2,1H3/b11-10+/t16-,17+,18+,19+/m1/s1. The van der Waals surface area contributed by atoms with Gasteiger partial charge >= 0.3 is 0 Å². The maximum atomic E-state index is 9.93. The van der Waals surface area contributed by atoms with Gasteiger partial charge in [0.1, 0.15) is 24.4 Å². The maximum absolute atomic E-state index is 9.93. The van der Waals surface area contributed by atoms with E-state index in [4.69, 9.17) is 9.47 Å². The van der Waals surface area contributed by atoms with Crippen LogP contribution in [0.4, 0.5) is 0 Å². The van der Waals surface area contributed by atoms with E-state index in [1.807, 2.05) is 0 Å². The molecule has 1 heterocycles. The first-order valence-electron chi connectivity index (χ1n) is 9.55. The van der Waals surface area contributed by atoms with Gasteiger partial charge in [0.2, 0.25) is 0 Å². The smallest absolute Gasteiger partial charge is 0.114 e. The van der Waals surface area contributed by atoms with Crippen LogP contribution in [0.3, 0.4) is 0 Å². The number of hydrogen-bond acceptors (Lipinski definition) is 5. The highest BCUT2D eigenvalue weighted by Gasteiger charge is 2.39. The maximum Gasteiger partial charge on any atom is 0.114 e. The predicted molar refractivity (Wildman–Crippen MR) is 94.9 cm³/mol. The molecule has 0 aliphatic carbocycles. The van der Waals surface area contributed by atoms with Crippen LogP contribution in [0.2, 0.25) is 0 Å². The summed E-state index contributed by atoms with van der Waals surface area (Å²) in [5.74, 6) is 0. The number of hydrogen-bond donors (Lipinski definition) is 3. The molecule has 5 heteroatoms. The van der Waals surface area contributed by atoms with Gasteiger partial charge in [-0.15, -0.1) is 0 Å². The highest BCUT2D eigenvalue weighted by Crippen LogP contribution is 2.18. The van der Waals surface area contributed by atoms with Gasteiger partial charge in [0.25, 0.3) is 0 Å². The third-order valence-corrected chi connectivity index (χ3v) is 4.49. The number of unbranched alkanes of at least 4 members (excludes halogenated alkanes) is 7. The van der Waals surface area contributed by atoms with E-state index in [1.54, 1.807) is 0 Å². The molecule has 5 nitrogen and oxygen atoms in total. The molecule has 0 aromatic carbocycles. The predicted octanol–water partition coefficient (Wildman–Crippen LogP) is 2.57. The normalized spacial score (nSPS) is 27.8. The molecule has 1 fully saturated rings. The summed E-state index contributed by atoms with van der Waals surface area (Å²) in [4.78, 5) is 0. The van der Waals surface area contributed by atoms with Crippen LogP contribution in [0.15, 0.2) is 12.2 Å². The SMILES string of the molecule is CCCCCCCCC/C=C/CCO[C@@H]1[C@@H](O)[C@H](O)CO[C@H]1CO. The number of rotatable bonds is 13. The lowest BCUT2D eigenvalue weighted by molar-refractivity contribution is -0.211. The Bertz CT molecular complexity index is 319. The quantitative estimate of drug-likeness (QED) is 0.353. The van der Waals surface area contributed by atoms with Crippen molar-refractivity contribution in [1.29, 1.82) is 0 Å². The largest absolute Gasteiger partial charge is 0.394 e. The molecule has 0 saturated carbocycles. The van der Waals surface area contributed by atoms with Gasteiger partial charge in [-0.25, -0.2) is 0 Å². The Balaban J connectivity index is 2.03. The monoisotopic (exact) mass is 344 g/mol. The Hall–Kier alpha value is -0.460. The van der Waals surface area contributed by atoms with Gasteiger partial charge in [-0.3, -0.25) is 0 Å².